The minimum absolute atomic E-state index is 0.110. The Morgan fingerprint density at radius 2 is 1.86 bits per heavy atom. The van der Waals surface area contributed by atoms with Gasteiger partial charge in [0.25, 0.3) is 0 Å². The highest BCUT2D eigenvalue weighted by atomic mass is 32.2. The minimum atomic E-state index is -0.121. The summed E-state index contributed by atoms with van der Waals surface area (Å²) in [6, 6.07) is 0. The van der Waals surface area contributed by atoms with Crippen LogP contribution in [0, 0.1) is 28.6 Å². The molecule has 6 atom stereocenters. The number of fused-ring (bicyclic) bond motifs is 6. The van der Waals surface area contributed by atoms with Crippen LogP contribution in [0.3, 0.4) is 0 Å². The van der Waals surface area contributed by atoms with Crippen LogP contribution in [0.15, 0.2) is 21.5 Å². The van der Waals surface area contributed by atoms with Crippen molar-refractivity contribution in [3.05, 3.63) is 21.5 Å². The number of hydrogen-bond acceptors (Lipinski definition) is 4. The van der Waals surface area contributed by atoms with E-state index in [-0.39, 0.29) is 12.1 Å². The molecule has 0 amide bonds. The van der Waals surface area contributed by atoms with Crippen LogP contribution >= 0.6 is 23.5 Å². The van der Waals surface area contributed by atoms with Gasteiger partial charge in [-0.15, -0.1) is 23.5 Å². The van der Waals surface area contributed by atoms with E-state index in [4.69, 9.17) is 4.74 Å². The second-order valence-electron chi connectivity index (χ2n) is 10.2. The molecule has 4 heteroatoms. The first-order valence-corrected chi connectivity index (χ1v) is 13.2. The summed E-state index contributed by atoms with van der Waals surface area (Å²) >= 11 is 4.38. The molecule has 5 rings (SSSR count). The lowest BCUT2D eigenvalue weighted by molar-refractivity contribution is -0.148. The molecule has 0 aromatic rings. The first-order valence-electron chi connectivity index (χ1n) is 11.3. The Kier molecular flexibility index (Phi) is 4.98. The number of carbonyl (C=O) groups excluding carboxylic acids is 1. The molecule has 0 bridgehead atoms. The zero-order chi connectivity index (χ0) is 19.5. The number of rotatable bonds is 1. The number of thioether (sulfide) groups is 2. The van der Waals surface area contributed by atoms with Gasteiger partial charge in [0.05, 0.1) is 0 Å². The molecule has 0 N–H and O–H groups in total. The summed E-state index contributed by atoms with van der Waals surface area (Å²) < 4.78 is 5.59. The van der Waals surface area contributed by atoms with Crippen LogP contribution in [0.1, 0.15) is 72.1 Å². The molecule has 2 saturated carbocycles. The van der Waals surface area contributed by atoms with Gasteiger partial charge >= 0.3 is 5.97 Å². The third-order valence-electron chi connectivity index (χ3n) is 8.77. The molecule has 2 nitrogen and oxygen atoms in total. The van der Waals surface area contributed by atoms with Crippen LogP contribution in [0.4, 0.5) is 0 Å². The van der Waals surface area contributed by atoms with Gasteiger partial charge in [0.2, 0.25) is 0 Å². The van der Waals surface area contributed by atoms with Gasteiger partial charge in [-0.05, 0) is 84.5 Å². The summed E-state index contributed by atoms with van der Waals surface area (Å²) in [7, 11) is 0. The fourth-order valence-corrected chi connectivity index (χ4v) is 10.4. The van der Waals surface area contributed by atoms with Gasteiger partial charge in [-0.25, -0.2) is 0 Å². The van der Waals surface area contributed by atoms with Crippen LogP contribution in [0.25, 0.3) is 0 Å². The number of carbonyl (C=O) groups is 1. The zero-order valence-corrected chi connectivity index (χ0v) is 19.2. The number of hydrogen-bond donors (Lipinski definition) is 0. The molecule has 0 spiro atoms. The Morgan fingerprint density at radius 3 is 2.68 bits per heavy atom. The molecule has 154 valence electrons. The third-order valence-corrected chi connectivity index (χ3v) is 11.6. The second kappa shape index (κ2) is 7.11. The summed E-state index contributed by atoms with van der Waals surface area (Å²) in [6.07, 6.45) is 12.6. The van der Waals surface area contributed by atoms with Gasteiger partial charge < -0.3 is 4.74 Å². The summed E-state index contributed by atoms with van der Waals surface area (Å²) in [5, 5.41) is 0. The van der Waals surface area contributed by atoms with E-state index in [1.807, 2.05) is 0 Å². The van der Waals surface area contributed by atoms with Crippen molar-refractivity contribution >= 4 is 29.5 Å². The zero-order valence-electron chi connectivity index (χ0n) is 17.6. The Morgan fingerprint density at radius 1 is 1.07 bits per heavy atom. The largest absolute Gasteiger partial charge is 0.462 e. The van der Waals surface area contributed by atoms with Crippen molar-refractivity contribution in [2.75, 3.05) is 11.5 Å². The Hall–Kier alpha value is -0.350. The highest BCUT2D eigenvalue weighted by Crippen LogP contribution is 2.68. The molecule has 1 aliphatic heterocycles. The lowest BCUT2D eigenvalue weighted by atomic mass is 9.48. The van der Waals surface area contributed by atoms with Crippen LogP contribution in [-0.2, 0) is 9.53 Å². The quantitative estimate of drug-likeness (QED) is 0.355. The van der Waals surface area contributed by atoms with Crippen molar-refractivity contribution < 1.29 is 9.53 Å². The van der Waals surface area contributed by atoms with Crippen LogP contribution in [0.5, 0.6) is 0 Å². The topological polar surface area (TPSA) is 26.3 Å². The van der Waals surface area contributed by atoms with Crippen molar-refractivity contribution in [2.24, 2.45) is 28.6 Å². The predicted molar refractivity (Wildman–Crippen MR) is 119 cm³/mol. The molecule has 0 aromatic heterocycles. The molecular weight excluding hydrogens is 384 g/mol. The maximum Gasteiger partial charge on any atom is 0.302 e. The van der Waals surface area contributed by atoms with E-state index in [9.17, 15) is 4.79 Å². The smallest absolute Gasteiger partial charge is 0.302 e. The lowest BCUT2D eigenvalue weighted by Gasteiger charge is -2.57. The van der Waals surface area contributed by atoms with Crippen LogP contribution in [0.2, 0.25) is 0 Å². The Bertz CT molecular complexity index is 741. The molecular formula is C24H34O2S2. The third kappa shape index (κ3) is 2.95. The average molecular weight is 419 g/mol. The number of esters is 1. The molecule has 0 aromatic carbocycles. The average Bonchev–Trinajstić information content (AvgIpc) is 2.80. The second-order valence-corrected chi connectivity index (χ2v) is 12.5. The van der Waals surface area contributed by atoms with Crippen molar-refractivity contribution in [2.45, 2.75) is 78.2 Å². The summed E-state index contributed by atoms with van der Waals surface area (Å²) in [5.41, 5.74) is 2.38. The molecule has 2 fully saturated rings. The van der Waals surface area contributed by atoms with Gasteiger partial charge in [-0.1, -0.05) is 25.5 Å². The maximum absolute atomic E-state index is 11.4. The normalized spacial score (nSPS) is 45.2. The fourth-order valence-electron chi connectivity index (χ4n) is 7.35. The van der Waals surface area contributed by atoms with Crippen LogP contribution in [-0.4, -0.2) is 23.6 Å². The van der Waals surface area contributed by atoms with Crippen molar-refractivity contribution in [1.29, 1.82) is 0 Å². The minimum Gasteiger partial charge on any atom is -0.462 e. The van der Waals surface area contributed by atoms with E-state index in [1.165, 1.54) is 50.0 Å². The van der Waals surface area contributed by atoms with Gasteiger partial charge in [-0.2, -0.15) is 0 Å². The van der Waals surface area contributed by atoms with E-state index in [0.717, 1.165) is 30.6 Å². The van der Waals surface area contributed by atoms with Gasteiger partial charge in [-0.3, -0.25) is 4.79 Å². The first-order chi connectivity index (χ1) is 13.4. The predicted octanol–water partition coefficient (Wildman–Crippen LogP) is 6.57. The Balaban J connectivity index is 1.41. The lowest BCUT2D eigenvalue weighted by Crippen LogP contribution is -2.50. The van der Waals surface area contributed by atoms with E-state index in [2.05, 4.69) is 43.4 Å². The van der Waals surface area contributed by atoms with Crippen LogP contribution < -0.4 is 0 Å². The van der Waals surface area contributed by atoms with E-state index in [1.54, 1.807) is 22.3 Å². The maximum atomic E-state index is 11.4. The van der Waals surface area contributed by atoms with Crippen molar-refractivity contribution in [3.8, 4) is 0 Å². The molecule has 6 unspecified atom stereocenters. The molecule has 0 saturated heterocycles. The summed E-state index contributed by atoms with van der Waals surface area (Å²) in [5.74, 6) is 5.03. The number of ether oxygens (including phenoxy) is 1. The molecule has 0 radical (unpaired) electrons. The standard InChI is InChI=1S/C24H34O2S2/c1-15(25)26-17-7-9-23(2)16(13-17)5-6-18-19(23)8-10-24(3)20(18)14-21-22(24)28-12-4-11-27-21/h5,17-20H,4,6-14H2,1-3H3. The molecule has 1 heterocycles. The SMILES string of the molecule is CC(=O)OC1CCC2(C)C(=CCC3C2CCC2(C)C4=C(CC32)SCCCS4)C1. The number of allylic oxidation sites excluding steroid dienone is 3. The summed E-state index contributed by atoms with van der Waals surface area (Å²) in [4.78, 5) is 15.0. The molecule has 28 heavy (non-hydrogen) atoms. The molecule has 4 aliphatic carbocycles. The fraction of sp³-hybridized carbons (Fsp3) is 0.792. The van der Waals surface area contributed by atoms with Crippen molar-refractivity contribution in [1.82, 2.24) is 0 Å². The van der Waals surface area contributed by atoms with E-state index < -0.39 is 0 Å². The highest BCUT2D eigenvalue weighted by molar-refractivity contribution is 8.07. The van der Waals surface area contributed by atoms with Gasteiger partial charge in [0.1, 0.15) is 6.10 Å². The summed E-state index contributed by atoms with van der Waals surface area (Å²) in [6.45, 7) is 6.70. The Labute approximate surface area is 178 Å². The highest BCUT2D eigenvalue weighted by Gasteiger charge is 2.58. The van der Waals surface area contributed by atoms with E-state index in [0.29, 0.717) is 10.8 Å². The van der Waals surface area contributed by atoms with Crippen molar-refractivity contribution in [3.63, 3.8) is 0 Å². The van der Waals surface area contributed by atoms with Gasteiger partial charge in [0.15, 0.2) is 0 Å². The monoisotopic (exact) mass is 418 g/mol. The van der Waals surface area contributed by atoms with E-state index >= 15 is 0 Å². The molecule has 5 aliphatic rings. The van der Waals surface area contributed by atoms with Gasteiger partial charge in [0, 0.05) is 23.7 Å². The first kappa shape index (κ1) is 19.6.